The number of ether oxygens (including phenoxy) is 4. The number of ketones is 1. The monoisotopic (exact) mass is 519 g/mol. The molecule has 2 heterocycles. The van der Waals surface area contributed by atoms with E-state index in [9.17, 15) is 4.79 Å². The van der Waals surface area contributed by atoms with Crippen molar-refractivity contribution in [3.8, 4) is 23.0 Å². The first kappa shape index (κ1) is 27.8. The molecule has 38 heavy (non-hydrogen) atoms. The van der Waals surface area contributed by atoms with Crippen LogP contribution in [0.4, 0.5) is 0 Å². The van der Waals surface area contributed by atoms with Crippen LogP contribution in [-0.2, 0) is 4.79 Å². The van der Waals surface area contributed by atoms with Gasteiger partial charge in [0.1, 0.15) is 0 Å². The Morgan fingerprint density at radius 1 is 0.763 bits per heavy atom. The molecule has 2 saturated heterocycles. The highest BCUT2D eigenvalue weighted by molar-refractivity contribution is 6.16. The average molecular weight is 520 g/mol. The zero-order valence-corrected chi connectivity index (χ0v) is 23.7. The van der Waals surface area contributed by atoms with Gasteiger partial charge in [-0.2, -0.15) is 0 Å². The lowest BCUT2D eigenvalue weighted by molar-refractivity contribution is -0.114. The number of piperidine rings is 1. The van der Waals surface area contributed by atoms with E-state index in [0.717, 1.165) is 35.1 Å². The van der Waals surface area contributed by atoms with Crippen LogP contribution in [0.15, 0.2) is 47.5 Å². The van der Waals surface area contributed by atoms with Crippen LogP contribution < -0.4 is 18.9 Å². The van der Waals surface area contributed by atoms with Crippen molar-refractivity contribution < 1.29 is 23.7 Å². The van der Waals surface area contributed by atoms with E-state index < -0.39 is 0 Å². The third-order valence-corrected chi connectivity index (χ3v) is 6.84. The summed E-state index contributed by atoms with van der Waals surface area (Å²) >= 11 is 0. The molecule has 2 aromatic carbocycles. The highest BCUT2D eigenvalue weighted by atomic mass is 16.5. The zero-order chi connectivity index (χ0) is 27.4. The first-order chi connectivity index (χ1) is 18.2. The maximum atomic E-state index is 13.9. The summed E-state index contributed by atoms with van der Waals surface area (Å²) in [7, 11) is 2.12. The summed E-state index contributed by atoms with van der Waals surface area (Å²) in [5, 5.41) is 0. The molecule has 2 bridgehead atoms. The maximum absolute atomic E-state index is 13.9. The van der Waals surface area contributed by atoms with E-state index in [-0.39, 0.29) is 30.1 Å². The van der Waals surface area contributed by atoms with Gasteiger partial charge < -0.3 is 18.9 Å². The van der Waals surface area contributed by atoms with Gasteiger partial charge in [0, 0.05) is 23.2 Å². The Balaban J connectivity index is 1.70. The van der Waals surface area contributed by atoms with Crippen molar-refractivity contribution in [1.82, 2.24) is 4.90 Å². The van der Waals surface area contributed by atoms with Crippen LogP contribution in [0.1, 0.15) is 65.5 Å². The lowest BCUT2D eigenvalue weighted by Crippen LogP contribution is -2.43. The fraction of sp³-hybridized carbons (Fsp3) is 0.469. The number of rotatable bonds is 10. The van der Waals surface area contributed by atoms with Gasteiger partial charge in [-0.25, -0.2) is 0 Å². The summed E-state index contributed by atoms with van der Waals surface area (Å²) in [5.74, 6) is 2.93. The van der Waals surface area contributed by atoms with Crippen molar-refractivity contribution in [1.29, 1.82) is 0 Å². The molecule has 2 fully saturated rings. The number of carbonyl (C=O) groups is 1. The Kier molecular flexibility index (Phi) is 8.83. The minimum absolute atomic E-state index is 0.0457. The first-order valence-corrected chi connectivity index (χ1v) is 13.8. The molecule has 4 rings (SSSR count). The second-order valence-corrected chi connectivity index (χ2v) is 10.4. The van der Waals surface area contributed by atoms with Gasteiger partial charge >= 0.3 is 0 Å². The Bertz CT molecular complexity index is 1120. The molecular formula is C32H41NO5. The van der Waals surface area contributed by atoms with Crippen molar-refractivity contribution in [2.24, 2.45) is 0 Å². The predicted molar refractivity (Wildman–Crippen MR) is 152 cm³/mol. The Morgan fingerprint density at radius 3 is 1.55 bits per heavy atom. The molecule has 0 aromatic heterocycles. The zero-order valence-electron chi connectivity index (χ0n) is 23.7. The van der Waals surface area contributed by atoms with E-state index in [1.165, 1.54) is 0 Å². The average Bonchev–Trinajstić information content (AvgIpc) is 3.17. The van der Waals surface area contributed by atoms with Crippen LogP contribution in [0.3, 0.4) is 0 Å². The third kappa shape index (κ3) is 6.07. The van der Waals surface area contributed by atoms with Crippen LogP contribution in [0.25, 0.3) is 12.2 Å². The lowest BCUT2D eigenvalue weighted by Gasteiger charge is -2.34. The molecule has 0 amide bonds. The van der Waals surface area contributed by atoms with E-state index in [4.69, 9.17) is 18.9 Å². The van der Waals surface area contributed by atoms with E-state index in [1.54, 1.807) is 0 Å². The summed E-state index contributed by atoms with van der Waals surface area (Å²) in [6.07, 6.45) is 6.04. The number of likely N-dealkylation sites (N-methyl/N-ethyl adjacent to an activating group) is 1. The molecule has 2 aromatic rings. The van der Waals surface area contributed by atoms with Gasteiger partial charge in [0.25, 0.3) is 0 Å². The second-order valence-electron chi connectivity index (χ2n) is 10.4. The summed E-state index contributed by atoms with van der Waals surface area (Å²) in [6, 6.07) is 12.0. The standard InChI is InChI=1S/C32H41NO5/c1-8-35-30-18-22(10-14-28(30)37-20(3)4)16-24-26-12-13-27(33(26)7)25(32(24)34)17-23-11-15-29(38-21(5)6)31(19-23)36-9-2/h10-11,14-21,26-27H,8-9,12-13H2,1-7H3/b24-16+,25-17+. The minimum atomic E-state index is 0.0457. The van der Waals surface area contributed by atoms with Gasteiger partial charge in [-0.1, -0.05) is 12.1 Å². The lowest BCUT2D eigenvalue weighted by atomic mass is 9.88. The molecule has 2 aliphatic heterocycles. The van der Waals surface area contributed by atoms with Crippen molar-refractivity contribution in [3.05, 3.63) is 58.7 Å². The number of nitrogens with zero attached hydrogens (tertiary/aromatic N) is 1. The molecule has 6 nitrogen and oxygen atoms in total. The molecule has 0 spiro atoms. The number of hydrogen-bond acceptors (Lipinski definition) is 6. The molecule has 0 aliphatic carbocycles. The van der Waals surface area contributed by atoms with E-state index >= 15 is 0 Å². The molecule has 204 valence electrons. The number of hydrogen-bond donors (Lipinski definition) is 0. The van der Waals surface area contributed by atoms with Gasteiger partial charge in [-0.05, 0) is 109 Å². The summed E-state index contributed by atoms with van der Waals surface area (Å²) in [6.45, 7) is 13.0. The maximum Gasteiger partial charge on any atom is 0.188 e. The van der Waals surface area contributed by atoms with Crippen molar-refractivity contribution >= 4 is 17.9 Å². The Hall–Kier alpha value is -3.25. The highest BCUT2D eigenvalue weighted by Gasteiger charge is 2.44. The van der Waals surface area contributed by atoms with Crippen LogP contribution in [0.2, 0.25) is 0 Å². The smallest absolute Gasteiger partial charge is 0.188 e. The molecule has 0 N–H and O–H groups in total. The molecule has 2 atom stereocenters. The van der Waals surface area contributed by atoms with Gasteiger partial charge in [0.2, 0.25) is 0 Å². The topological polar surface area (TPSA) is 57.2 Å². The number of carbonyl (C=O) groups excluding carboxylic acids is 1. The number of Topliss-reactive ketones (excluding diaryl/α,β-unsaturated/α-hetero) is 1. The molecule has 2 aliphatic rings. The van der Waals surface area contributed by atoms with E-state index in [0.29, 0.717) is 36.2 Å². The van der Waals surface area contributed by atoms with E-state index in [2.05, 4.69) is 11.9 Å². The third-order valence-electron chi connectivity index (χ3n) is 6.84. The van der Waals surface area contributed by atoms with Crippen molar-refractivity contribution in [2.75, 3.05) is 20.3 Å². The SMILES string of the molecule is CCOc1cc(/C=C2/C(=O)/C(=C/c3ccc(OC(C)C)c(OCC)c3)C3CCC2N3C)ccc1OC(C)C. The Morgan fingerprint density at radius 2 is 1.18 bits per heavy atom. The summed E-state index contributed by atoms with van der Waals surface area (Å²) in [5.41, 5.74) is 3.49. The number of fused-ring (bicyclic) bond motifs is 2. The van der Waals surface area contributed by atoms with Gasteiger partial charge in [0.15, 0.2) is 28.8 Å². The largest absolute Gasteiger partial charge is 0.490 e. The van der Waals surface area contributed by atoms with Gasteiger partial charge in [-0.15, -0.1) is 0 Å². The molecule has 6 heteroatoms. The quantitative estimate of drug-likeness (QED) is 0.331. The van der Waals surface area contributed by atoms with Gasteiger partial charge in [0.05, 0.1) is 25.4 Å². The van der Waals surface area contributed by atoms with E-state index in [1.807, 2.05) is 90.1 Å². The van der Waals surface area contributed by atoms with Crippen molar-refractivity contribution in [2.45, 2.75) is 78.7 Å². The second kappa shape index (κ2) is 12.1. The number of benzene rings is 2. The molecule has 2 unspecified atom stereocenters. The van der Waals surface area contributed by atoms with Gasteiger partial charge in [-0.3, -0.25) is 9.69 Å². The molecular weight excluding hydrogens is 478 g/mol. The fourth-order valence-corrected chi connectivity index (χ4v) is 5.31. The normalized spacial score (nSPS) is 21.6. The summed E-state index contributed by atoms with van der Waals surface area (Å²) in [4.78, 5) is 16.2. The van der Waals surface area contributed by atoms with Crippen molar-refractivity contribution in [3.63, 3.8) is 0 Å². The first-order valence-electron chi connectivity index (χ1n) is 13.8. The highest BCUT2D eigenvalue weighted by Crippen LogP contribution is 2.41. The molecule has 0 saturated carbocycles. The van der Waals surface area contributed by atoms with Crippen LogP contribution >= 0.6 is 0 Å². The summed E-state index contributed by atoms with van der Waals surface area (Å²) < 4.78 is 23.6. The molecule has 0 radical (unpaired) electrons. The Labute approximate surface area is 227 Å². The van der Waals surface area contributed by atoms with Crippen LogP contribution in [-0.4, -0.2) is 55.2 Å². The fourth-order valence-electron chi connectivity index (χ4n) is 5.31. The predicted octanol–water partition coefficient (Wildman–Crippen LogP) is 6.57. The van der Waals surface area contributed by atoms with Crippen LogP contribution in [0, 0.1) is 0 Å². The minimum Gasteiger partial charge on any atom is -0.490 e. The van der Waals surface area contributed by atoms with Crippen LogP contribution in [0.5, 0.6) is 23.0 Å².